The lowest BCUT2D eigenvalue weighted by Gasteiger charge is -2.12. The maximum atomic E-state index is 12.1. The van der Waals surface area contributed by atoms with Crippen molar-refractivity contribution in [3.63, 3.8) is 0 Å². The smallest absolute Gasteiger partial charge is 0.276 e. The SMILES string of the molecule is CCOc1ncccc1C(=O)NNC(=O)COc1ccccc1OC. The Balaban J connectivity index is 1.86. The molecule has 0 saturated carbocycles. The fraction of sp³-hybridized carbons (Fsp3) is 0.235. The monoisotopic (exact) mass is 345 g/mol. The Morgan fingerprint density at radius 3 is 2.52 bits per heavy atom. The molecule has 132 valence electrons. The highest BCUT2D eigenvalue weighted by atomic mass is 16.5. The molecule has 0 fully saturated rings. The second-order valence-electron chi connectivity index (χ2n) is 4.73. The molecule has 0 radical (unpaired) electrons. The molecule has 0 aliphatic carbocycles. The maximum absolute atomic E-state index is 12.1. The minimum absolute atomic E-state index is 0.196. The zero-order valence-corrected chi connectivity index (χ0v) is 13.9. The number of nitrogens with zero attached hydrogens (tertiary/aromatic N) is 1. The van der Waals surface area contributed by atoms with Gasteiger partial charge in [0.25, 0.3) is 11.8 Å². The number of amides is 2. The zero-order valence-electron chi connectivity index (χ0n) is 13.9. The Labute approximate surface area is 145 Å². The van der Waals surface area contributed by atoms with E-state index in [1.807, 2.05) is 0 Å². The molecule has 0 bridgehead atoms. The van der Waals surface area contributed by atoms with Crippen molar-refractivity contribution < 1.29 is 23.8 Å². The molecule has 0 spiro atoms. The van der Waals surface area contributed by atoms with Crippen LogP contribution in [0.4, 0.5) is 0 Å². The normalized spacial score (nSPS) is 9.84. The molecule has 0 aliphatic rings. The van der Waals surface area contributed by atoms with E-state index in [4.69, 9.17) is 14.2 Å². The Bertz CT molecular complexity index is 736. The highest BCUT2D eigenvalue weighted by molar-refractivity contribution is 5.97. The molecule has 0 aliphatic heterocycles. The Kier molecular flexibility index (Phi) is 6.58. The number of nitrogens with one attached hydrogen (secondary N) is 2. The van der Waals surface area contributed by atoms with Crippen LogP contribution in [0.5, 0.6) is 17.4 Å². The summed E-state index contributed by atoms with van der Waals surface area (Å²) in [7, 11) is 1.51. The number of hydrogen-bond acceptors (Lipinski definition) is 6. The van der Waals surface area contributed by atoms with Crippen LogP contribution in [0, 0.1) is 0 Å². The van der Waals surface area contributed by atoms with Gasteiger partial charge >= 0.3 is 0 Å². The largest absolute Gasteiger partial charge is 0.493 e. The summed E-state index contributed by atoms with van der Waals surface area (Å²) >= 11 is 0. The van der Waals surface area contributed by atoms with Gasteiger partial charge in [0.1, 0.15) is 5.56 Å². The third kappa shape index (κ3) is 5.10. The van der Waals surface area contributed by atoms with Gasteiger partial charge in [-0.2, -0.15) is 0 Å². The van der Waals surface area contributed by atoms with E-state index in [0.717, 1.165) is 0 Å². The van der Waals surface area contributed by atoms with Gasteiger partial charge in [-0.25, -0.2) is 4.98 Å². The van der Waals surface area contributed by atoms with Crippen molar-refractivity contribution in [2.75, 3.05) is 20.3 Å². The van der Waals surface area contributed by atoms with Gasteiger partial charge in [-0.1, -0.05) is 12.1 Å². The molecule has 2 amide bonds. The molecular formula is C17H19N3O5. The molecule has 2 aromatic rings. The lowest BCUT2D eigenvalue weighted by molar-refractivity contribution is -0.123. The lowest BCUT2D eigenvalue weighted by atomic mass is 10.2. The number of benzene rings is 1. The average Bonchev–Trinajstić information content (AvgIpc) is 2.65. The first-order valence-electron chi connectivity index (χ1n) is 7.58. The van der Waals surface area contributed by atoms with E-state index in [2.05, 4.69) is 15.8 Å². The van der Waals surface area contributed by atoms with Crippen LogP contribution >= 0.6 is 0 Å². The Hall–Kier alpha value is -3.29. The number of carbonyl (C=O) groups excluding carboxylic acids is 2. The third-order valence-corrected chi connectivity index (χ3v) is 3.04. The summed E-state index contributed by atoms with van der Waals surface area (Å²) in [5.41, 5.74) is 4.78. The third-order valence-electron chi connectivity index (χ3n) is 3.04. The number of hydrogen-bond donors (Lipinski definition) is 2. The Morgan fingerprint density at radius 1 is 1.04 bits per heavy atom. The summed E-state index contributed by atoms with van der Waals surface area (Å²) in [4.78, 5) is 27.9. The first-order valence-corrected chi connectivity index (χ1v) is 7.58. The van der Waals surface area contributed by atoms with Gasteiger partial charge in [-0.15, -0.1) is 0 Å². The average molecular weight is 345 g/mol. The van der Waals surface area contributed by atoms with E-state index in [-0.39, 0.29) is 18.1 Å². The molecule has 8 nitrogen and oxygen atoms in total. The number of carbonyl (C=O) groups is 2. The number of aromatic nitrogens is 1. The quantitative estimate of drug-likeness (QED) is 0.735. The van der Waals surface area contributed by atoms with Crippen molar-refractivity contribution in [3.05, 3.63) is 48.2 Å². The van der Waals surface area contributed by atoms with Gasteiger partial charge in [-0.3, -0.25) is 20.4 Å². The van der Waals surface area contributed by atoms with Crippen molar-refractivity contribution in [3.8, 4) is 17.4 Å². The maximum Gasteiger partial charge on any atom is 0.276 e. The number of methoxy groups -OCH3 is 1. The summed E-state index contributed by atoms with van der Waals surface area (Å²) < 4.78 is 15.8. The molecule has 25 heavy (non-hydrogen) atoms. The predicted molar refractivity (Wildman–Crippen MR) is 89.5 cm³/mol. The van der Waals surface area contributed by atoms with Gasteiger partial charge in [0.2, 0.25) is 5.88 Å². The second kappa shape index (κ2) is 9.11. The van der Waals surface area contributed by atoms with Crippen LogP contribution in [-0.4, -0.2) is 37.1 Å². The van der Waals surface area contributed by atoms with Crippen molar-refractivity contribution in [1.82, 2.24) is 15.8 Å². The minimum atomic E-state index is -0.540. The van der Waals surface area contributed by atoms with Crippen LogP contribution in [0.1, 0.15) is 17.3 Å². The predicted octanol–water partition coefficient (Wildman–Crippen LogP) is 1.33. The fourth-order valence-electron chi connectivity index (χ4n) is 1.93. The first kappa shape index (κ1) is 18.1. The molecule has 1 heterocycles. The number of rotatable bonds is 7. The molecule has 0 atom stereocenters. The highest BCUT2D eigenvalue weighted by Crippen LogP contribution is 2.25. The molecule has 2 N–H and O–H groups in total. The number of para-hydroxylation sites is 2. The van der Waals surface area contributed by atoms with E-state index in [1.165, 1.54) is 13.3 Å². The van der Waals surface area contributed by atoms with Gasteiger partial charge in [0.15, 0.2) is 18.1 Å². The van der Waals surface area contributed by atoms with Crippen LogP contribution in [0.2, 0.25) is 0 Å². The summed E-state index contributed by atoms with van der Waals surface area (Å²) in [5, 5.41) is 0. The van der Waals surface area contributed by atoms with E-state index in [9.17, 15) is 9.59 Å². The summed E-state index contributed by atoms with van der Waals surface area (Å²) in [6.45, 7) is 1.87. The topological polar surface area (TPSA) is 98.8 Å². The van der Waals surface area contributed by atoms with Crippen LogP contribution in [0.3, 0.4) is 0 Å². The lowest BCUT2D eigenvalue weighted by Crippen LogP contribution is -2.44. The second-order valence-corrected chi connectivity index (χ2v) is 4.73. The summed E-state index contributed by atoms with van der Waals surface area (Å²) in [6, 6.07) is 10.1. The first-order chi connectivity index (χ1) is 12.2. The van der Waals surface area contributed by atoms with Crippen LogP contribution < -0.4 is 25.1 Å². The van der Waals surface area contributed by atoms with Gasteiger partial charge in [0.05, 0.1) is 13.7 Å². The van der Waals surface area contributed by atoms with E-state index in [0.29, 0.717) is 18.1 Å². The van der Waals surface area contributed by atoms with E-state index < -0.39 is 11.8 Å². The highest BCUT2D eigenvalue weighted by Gasteiger charge is 2.14. The van der Waals surface area contributed by atoms with Crippen LogP contribution in [0.25, 0.3) is 0 Å². The van der Waals surface area contributed by atoms with Crippen molar-refractivity contribution >= 4 is 11.8 Å². The fourth-order valence-corrected chi connectivity index (χ4v) is 1.93. The molecule has 1 aromatic carbocycles. The van der Waals surface area contributed by atoms with Crippen molar-refractivity contribution in [2.24, 2.45) is 0 Å². The number of hydrazine groups is 1. The summed E-state index contributed by atoms with van der Waals surface area (Å²) in [6.07, 6.45) is 1.52. The minimum Gasteiger partial charge on any atom is -0.493 e. The molecule has 8 heteroatoms. The Morgan fingerprint density at radius 2 is 1.80 bits per heavy atom. The van der Waals surface area contributed by atoms with Crippen LogP contribution in [0.15, 0.2) is 42.6 Å². The van der Waals surface area contributed by atoms with E-state index in [1.54, 1.807) is 43.3 Å². The zero-order chi connectivity index (χ0) is 18.1. The number of ether oxygens (including phenoxy) is 3. The van der Waals surface area contributed by atoms with E-state index >= 15 is 0 Å². The molecule has 2 rings (SSSR count). The molecule has 0 unspecified atom stereocenters. The van der Waals surface area contributed by atoms with Crippen LogP contribution in [-0.2, 0) is 4.79 Å². The molecular weight excluding hydrogens is 326 g/mol. The van der Waals surface area contributed by atoms with Gasteiger partial charge < -0.3 is 14.2 Å². The standard InChI is InChI=1S/C17H19N3O5/c1-3-24-17-12(7-6-10-18-17)16(22)20-19-15(21)11-25-14-9-5-4-8-13(14)23-2/h4-10H,3,11H2,1-2H3,(H,19,21)(H,20,22). The number of pyridine rings is 1. The van der Waals surface area contributed by atoms with Gasteiger partial charge in [0, 0.05) is 6.20 Å². The molecule has 1 aromatic heterocycles. The van der Waals surface area contributed by atoms with Gasteiger partial charge in [-0.05, 0) is 31.2 Å². The van der Waals surface area contributed by atoms with Crippen molar-refractivity contribution in [2.45, 2.75) is 6.92 Å². The molecule has 0 saturated heterocycles. The summed E-state index contributed by atoms with van der Waals surface area (Å²) in [5.74, 6) is 0.0683. The van der Waals surface area contributed by atoms with Crippen molar-refractivity contribution in [1.29, 1.82) is 0 Å².